The lowest BCUT2D eigenvalue weighted by Gasteiger charge is -2.25. The van der Waals surface area contributed by atoms with Crippen molar-refractivity contribution in [1.29, 1.82) is 0 Å². The standard InChI is InChI=1S/C14H23NO2S/c1-4-7-13(14(16)17-5-2)15(3)10-9-12-8-6-11-18-12/h6,8,11,13H,4-5,7,9-10H2,1-3H3. The Bertz CT molecular complexity index is 338. The Kier molecular flexibility index (Phi) is 6.98. The first-order valence-electron chi connectivity index (χ1n) is 6.58. The second-order valence-corrected chi connectivity index (χ2v) is 5.40. The summed E-state index contributed by atoms with van der Waals surface area (Å²) >= 11 is 1.77. The van der Waals surface area contributed by atoms with Gasteiger partial charge in [0, 0.05) is 11.4 Å². The quantitative estimate of drug-likeness (QED) is 0.680. The molecular weight excluding hydrogens is 246 g/mol. The smallest absolute Gasteiger partial charge is 0.323 e. The van der Waals surface area contributed by atoms with Gasteiger partial charge in [0.15, 0.2) is 0 Å². The van der Waals surface area contributed by atoms with E-state index in [4.69, 9.17) is 4.74 Å². The number of carbonyl (C=O) groups excluding carboxylic acids is 1. The minimum absolute atomic E-state index is 0.0898. The lowest BCUT2D eigenvalue weighted by atomic mass is 10.1. The van der Waals surface area contributed by atoms with Gasteiger partial charge >= 0.3 is 5.97 Å². The van der Waals surface area contributed by atoms with Crippen LogP contribution >= 0.6 is 11.3 Å². The van der Waals surface area contributed by atoms with E-state index in [0.29, 0.717) is 6.61 Å². The average molecular weight is 269 g/mol. The third-order valence-corrected chi connectivity index (χ3v) is 3.88. The molecule has 3 nitrogen and oxygen atoms in total. The summed E-state index contributed by atoms with van der Waals surface area (Å²) in [6, 6.07) is 4.10. The molecule has 4 heteroatoms. The van der Waals surface area contributed by atoms with E-state index in [1.165, 1.54) is 4.88 Å². The molecule has 0 radical (unpaired) electrons. The summed E-state index contributed by atoms with van der Waals surface area (Å²) < 4.78 is 5.14. The first kappa shape index (κ1) is 15.2. The van der Waals surface area contributed by atoms with Crippen molar-refractivity contribution in [2.75, 3.05) is 20.2 Å². The third-order valence-electron chi connectivity index (χ3n) is 2.94. The molecule has 18 heavy (non-hydrogen) atoms. The molecule has 1 heterocycles. The van der Waals surface area contributed by atoms with E-state index in [-0.39, 0.29) is 12.0 Å². The Hall–Kier alpha value is -0.870. The van der Waals surface area contributed by atoms with E-state index >= 15 is 0 Å². The van der Waals surface area contributed by atoms with Crippen LogP contribution in [0.25, 0.3) is 0 Å². The first-order valence-corrected chi connectivity index (χ1v) is 7.46. The normalized spacial score (nSPS) is 12.7. The monoisotopic (exact) mass is 269 g/mol. The molecule has 0 aliphatic carbocycles. The van der Waals surface area contributed by atoms with Gasteiger partial charge in [-0.15, -0.1) is 11.3 Å². The number of ether oxygens (including phenoxy) is 1. The van der Waals surface area contributed by atoms with Gasteiger partial charge in [0.25, 0.3) is 0 Å². The van der Waals surface area contributed by atoms with Crippen molar-refractivity contribution in [2.45, 2.75) is 39.2 Å². The molecule has 1 aromatic heterocycles. The fourth-order valence-corrected chi connectivity index (χ4v) is 2.63. The maximum Gasteiger partial charge on any atom is 0.323 e. The largest absolute Gasteiger partial charge is 0.465 e. The highest BCUT2D eigenvalue weighted by Crippen LogP contribution is 2.12. The maximum atomic E-state index is 11.9. The maximum absolute atomic E-state index is 11.9. The second-order valence-electron chi connectivity index (χ2n) is 4.37. The van der Waals surface area contributed by atoms with Gasteiger partial charge in [-0.2, -0.15) is 0 Å². The van der Waals surface area contributed by atoms with Crippen molar-refractivity contribution < 1.29 is 9.53 Å². The number of nitrogens with zero attached hydrogens (tertiary/aromatic N) is 1. The van der Waals surface area contributed by atoms with E-state index in [9.17, 15) is 4.79 Å². The summed E-state index contributed by atoms with van der Waals surface area (Å²) in [5.74, 6) is -0.0898. The molecule has 0 saturated heterocycles. The summed E-state index contributed by atoms with van der Waals surface area (Å²) in [6.45, 7) is 5.30. The Morgan fingerprint density at radius 2 is 2.28 bits per heavy atom. The third kappa shape index (κ3) is 4.78. The van der Waals surface area contributed by atoms with Gasteiger partial charge in [-0.25, -0.2) is 0 Å². The van der Waals surface area contributed by atoms with Gasteiger partial charge in [0.05, 0.1) is 6.61 Å². The van der Waals surface area contributed by atoms with Crippen LogP contribution in [-0.4, -0.2) is 37.1 Å². The molecule has 1 atom stereocenters. The van der Waals surface area contributed by atoms with Crippen LogP contribution in [0.5, 0.6) is 0 Å². The highest BCUT2D eigenvalue weighted by molar-refractivity contribution is 7.09. The number of thiophene rings is 1. The van der Waals surface area contributed by atoms with Crippen LogP contribution in [0.4, 0.5) is 0 Å². The van der Waals surface area contributed by atoms with Crippen molar-refractivity contribution in [2.24, 2.45) is 0 Å². The number of carbonyl (C=O) groups is 1. The van der Waals surface area contributed by atoms with E-state index < -0.39 is 0 Å². The van der Waals surface area contributed by atoms with Gasteiger partial charge in [-0.1, -0.05) is 19.4 Å². The Morgan fingerprint density at radius 1 is 1.50 bits per heavy atom. The topological polar surface area (TPSA) is 29.5 Å². The number of hydrogen-bond donors (Lipinski definition) is 0. The average Bonchev–Trinajstić information content (AvgIpc) is 2.86. The zero-order chi connectivity index (χ0) is 13.4. The van der Waals surface area contributed by atoms with Crippen LogP contribution in [-0.2, 0) is 16.0 Å². The molecule has 0 aliphatic rings. The molecule has 1 rings (SSSR count). The minimum Gasteiger partial charge on any atom is -0.465 e. The molecule has 0 fully saturated rings. The molecule has 1 unspecified atom stereocenters. The molecule has 0 amide bonds. The molecule has 0 saturated carbocycles. The molecular formula is C14H23NO2S. The van der Waals surface area contributed by atoms with Crippen molar-refractivity contribution in [1.82, 2.24) is 4.90 Å². The number of esters is 1. The lowest BCUT2D eigenvalue weighted by molar-refractivity contribution is -0.149. The van der Waals surface area contributed by atoms with Crippen molar-refractivity contribution in [3.05, 3.63) is 22.4 Å². The first-order chi connectivity index (χ1) is 8.69. The zero-order valence-electron chi connectivity index (χ0n) is 11.5. The van der Waals surface area contributed by atoms with Crippen LogP contribution in [0.15, 0.2) is 17.5 Å². The van der Waals surface area contributed by atoms with Gasteiger partial charge in [-0.3, -0.25) is 9.69 Å². The van der Waals surface area contributed by atoms with Gasteiger partial charge < -0.3 is 4.74 Å². The van der Waals surface area contributed by atoms with Gasteiger partial charge in [-0.05, 0) is 38.3 Å². The van der Waals surface area contributed by atoms with Crippen LogP contribution in [0.2, 0.25) is 0 Å². The molecule has 102 valence electrons. The number of rotatable bonds is 8. The number of hydrogen-bond acceptors (Lipinski definition) is 4. The van der Waals surface area contributed by atoms with Crippen LogP contribution in [0.1, 0.15) is 31.6 Å². The summed E-state index contributed by atoms with van der Waals surface area (Å²) in [6.07, 6.45) is 2.85. The summed E-state index contributed by atoms with van der Waals surface area (Å²) in [5.41, 5.74) is 0. The highest BCUT2D eigenvalue weighted by atomic mass is 32.1. The number of likely N-dealkylation sites (N-methyl/N-ethyl adjacent to an activating group) is 1. The minimum atomic E-state index is -0.102. The van der Waals surface area contributed by atoms with Crippen molar-refractivity contribution >= 4 is 17.3 Å². The Morgan fingerprint density at radius 3 is 2.83 bits per heavy atom. The van der Waals surface area contributed by atoms with Crippen LogP contribution in [0, 0.1) is 0 Å². The summed E-state index contributed by atoms with van der Waals surface area (Å²) in [4.78, 5) is 15.3. The molecule has 0 N–H and O–H groups in total. The van der Waals surface area contributed by atoms with E-state index in [1.807, 2.05) is 14.0 Å². The van der Waals surface area contributed by atoms with Crippen LogP contribution < -0.4 is 0 Å². The molecule has 0 bridgehead atoms. The molecule has 1 aromatic rings. The van der Waals surface area contributed by atoms with Crippen molar-refractivity contribution in [3.63, 3.8) is 0 Å². The van der Waals surface area contributed by atoms with Crippen LogP contribution in [0.3, 0.4) is 0 Å². The second kappa shape index (κ2) is 8.27. The highest BCUT2D eigenvalue weighted by Gasteiger charge is 2.23. The molecule has 0 spiro atoms. The van der Waals surface area contributed by atoms with E-state index in [0.717, 1.165) is 25.8 Å². The molecule has 0 aliphatic heterocycles. The fraction of sp³-hybridized carbons (Fsp3) is 0.643. The SMILES string of the molecule is CCCC(C(=O)OCC)N(C)CCc1cccs1. The van der Waals surface area contributed by atoms with Gasteiger partial charge in [0.1, 0.15) is 6.04 Å². The van der Waals surface area contributed by atoms with E-state index in [1.54, 1.807) is 11.3 Å². The summed E-state index contributed by atoms with van der Waals surface area (Å²) in [7, 11) is 2.00. The zero-order valence-corrected chi connectivity index (χ0v) is 12.3. The fourth-order valence-electron chi connectivity index (χ4n) is 1.93. The summed E-state index contributed by atoms with van der Waals surface area (Å²) in [5, 5.41) is 2.09. The van der Waals surface area contributed by atoms with E-state index in [2.05, 4.69) is 29.3 Å². The Balaban J connectivity index is 2.48. The molecule has 0 aromatic carbocycles. The Labute approximate surface area is 114 Å². The van der Waals surface area contributed by atoms with Crippen molar-refractivity contribution in [3.8, 4) is 0 Å². The predicted octanol–water partition coefficient (Wildman–Crippen LogP) is 2.95. The lowest BCUT2D eigenvalue weighted by Crippen LogP contribution is -2.40. The predicted molar refractivity (Wildman–Crippen MR) is 76.0 cm³/mol. The van der Waals surface area contributed by atoms with Gasteiger partial charge in [0.2, 0.25) is 0 Å².